The van der Waals surface area contributed by atoms with Crippen LogP contribution < -0.4 is 0 Å². The van der Waals surface area contributed by atoms with Crippen molar-refractivity contribution in [1.29, 1.82) is 0 Å². The summed E-state index contributed by atoms with van der Waals surface area (Å²) in [5.74, 6) is -0.589. The Morgan fingerprint density at radius 2 is 1.79 bits per heavy atom. The summed E-state index contributed by atoms with van der Waals surface area (Å²) < 4.78 is 0. The second-order valence-electron chi connectivity index (χ2n) is 4.02. The third kappa shape index (κ3) is 2.28. The first-order valence-corrected chi connectivity index (χ1v) is 4.46. The molecule has 4 heteroatoms. The SMILES string of the molecule is CC(C)(C=O)CCN1C(=O)C=CC1=O. The molecule has 0 unspecified atom stereocenters. The first kappa shape index (κ1) is 10.6. The maximum Gasteiger partial charge on any atom is 0.253 e. The van der Waals surface area contributed by atoms with Gasteiger partial charge in [0.05, 0.1) is 0 Å². The fourth-order valence-corrected chi connectivity index (χ4v) is 1.11. The van der Waals surface area contributed by atoms with Gasteiger partial charge in [-0.25, -0.2) is 0 Å². The van der Waals surface area contributed by atoms with Crippen LogP contribution in [0.2, 0.25) is 0 Å². The van der Waals surface area contributed by atoms with E-state index in [1.54, 1.807) is 13.8 Å². The first-order chi connectivity index (χ1) is 6.46. The molecule has 0 N–H and O–H groups in total. The molecule has 0 aliphatic carbocycles. The monoisotopic (exact) mass is 195 g/mol. The van der Waals surface area contributed by atoms with Gasteiger partial charge in [-0.3, -0.25) is 14.5 Å². The summed E-state index contributed by atoms with van der Waals surface area (Å²) in [5, 5.41) is 0. The van der Waals surface area contributed by atoms with Crippen LogP contribution in [0.15, 0.2) is 12.2 Å². The summed E-state index contributed by atoms with van der Waals surface area (Å²) in [7, 11) is 0. The summed E-state index contributed by atoms with van der Waals surface area (Å²) in [6, 6.07) is 0. The average Bonchev–Trinajstić information content (AvgIpc) is 2.44. The highest BCUT2D eigenvalue weighted by Crippen LogP contribution is 2.18. The van der Waals surface area contributed by atoms with Crippen LogP contribution >= 0.6 is 0 Å². The predicted molar refractivity (Wildman–Crippen MR) is 50.3 cm³/mol. The molecule has 0 atom stereocenters. The fourth-order valence-electron chi connectivity index (χ4n) is 1.11. The Hall–Kier alpha value is -1.45. The van der Waals surface area contributed by atoms with Crippen molar-refractivity contribution in [3.05, 3.63) is 12.2 Å². The van der Waals surface area contributed by atoms with Gasteiger partial charge in [0.25, 0.3) is 11.8 Å². The molecule has 0 aromatic carbocycles. The number of hydrogen-bond donors (Lipinski definition) is 0. The van der Waals surface area contributed by atoms with Gasteiger partial charge >= 0.3 is 0 Å². The van der Waals surface area contributed by atoms with Crippen LogP contribution in [-0.4, -0.2) is 29.5 Å². The number of imide groups is 1. The maximum atomic E-state index is 11.1. The lowest BCUT2D eigenvalue weighted by Gasteiger charge is -2.20. The predicted octanol–water partition coefficient (Wildman–Crippen LogP) is 0.527. The van der Waals surface area contributed by atoms with Gasteiger partial charge in [-0.2, -0.15) is 0 Å². The summed E-state index contributed by atoms with van der Waals surface area (Å²) in [5.41, 5.74) is -0.483. The number of amides is 2. The van der Waals surface area contributed by atoms with E-state index in [-0.39, 0.29) is 11.8 Å². The molecule has 1 aliphatic rings. The summed E-state index contributed by atoms with van der Waals surface area (Å²) in [6.45, 7) is 3.85. The molecular formula is C10H13NO3. The second kappa shape index (κ2) is 3.74. The van der Waals surface area contributed by atoms with Crippen LogP contribution in [0.5, 0.6) is 0 Å². The first-order valence-electron chi connectivity index (χ1n) is 4.46. The van der Waals surface area contributed by atoms with Crippen LogP contribution in [-0.2, 0) is 14.4 Å². The molecule has 1 heterocycles. The van der Waals surface area contributed by atoms with E-state index in [1.807, 2.05) is 0 Å². The van der Waals surface area contributed by atoms with Crippen molar-refractivity contribution in [2.75, 3.05) is 6.54 Å². The third-order valence-electron chi connectivity index (χ3n) is 2.20. The molecule has 0 saturated carbocycles. The highest BCUT2D eigenvalue weighted by molar-refractivity contribution is 6.12. The van der Waals surface area contributed by atoms with Crippen molar-refractivity contribution in [3.8, 4) is 0 Å². The van der Waals surface area contributed by atoms with Gasteiger partial charge in [-0.15, -0.1) is 0 Å². The smallest absolute Gasteiger partial charge is 0.253 e. The Bertz CT molecular complexity index is 286. The molecule has 1 rings (SSSR count). The number of carbonyl (C=O) groups is 3. The number of aldehydes is 1. The molecule has 76 valence electrons. The largest absolute Gasteiger partial charge is 0.303 e. The summed E-state index contributed by atoms with van der Waals surface area (Å²) in [4.78, 5) is 34.0. The fraction of sp³-hybridized carbons (Fsp3) is 0.500. The molecule has 0 aromatic rings. The summed E-state index contributed by atoms with van der Waals surface area (Å²) in [6.07, 6.45) is 3.83. The Labute approximate surface area is 82.6 Å². The molecule has 0 bridgehead atoms. The second-order valence-corrected chi connectivity index (χ2v) is 4.02. The van der Waals surface area contributed by atoms with E-state index < -0.39 is 5.41 Å². The van der Waals surface area contributed by atoms with Crippen molar-refractivity contribution in [2.45, 2.75) is 20.3 Å². The van der Waals surface area contributed by atoms with Gasteiger partial charge < -0.3 is 4.79 Å². The van der Waals surface area contributed by atoms with Crippen molar-refractivity contribution in [2.24, 2.45) is 5.41 Å². The zero-order valence-corrected chi connectivity index (χ0v) is 8.32. The standard InChI is InChI=1S/C10H13NO3/c1-10(2,7-12)5-6-11-8(13)3-4-9(11)14/h3-4,7H,5-6H2,1-2H3. The van der Waals surface area contributed by atoms with E-state index in [0.717, 1.165) is 11.2 Å². The highest BCUT2D eigenvalue weighted by atomic mass is 16.2. The van der Waals surface area contributed by atoms with Crippen molar-refractivity contribution >= 4 is 18.1 Å². The Kier molecular flexibility index (Phi) is 2.84. The molecule has 0 saturated heterocycles. The van der Waals surface area contributed by atoms with Gasteiger partial charge in [0.2, 0.25) is 0 Å². The van der Waals surface area contributed by atoms with E-state index in [4.69, 9.17) is 0 Å². The molecule has 14 heavy (non-hydrogen) atoms. The van der Waals surface area contributed by atoms with E-state index in [0.29, 0.717) is 13.0 Å². The molecule has 0 spiro atoms. The summed E-state index contributed by atoms with van der Waals surface area (Å²) >= 11 is 0. The van der Waals surface area contributed by atoms with Crippen LogP contribution in [0.1, 0.15) is 20.3 Å². The molecule has 0 aromatic heterocycles. The van der Waals surface area contributed by atoms with Gasteiger partial charge in [0, 0.05) is 24.1 Å². The van der Waals surface area contributed by atoms with Crippen LogP contribution in [0.25, 0.3) is 0 Å². The van der Waals surface area contributed by atoms with Crippen LogP contribution in [0, 0.1) is 5.41 Å². The molecule has 0 fully saturated rings. The number of nitrogens with zero attached hydrogens (tertiary/aromatic N) is 1. The maximum absolute atomic E-state index is 11.1. The van der Waals surface area contributed by atoms with Gasteiger partial charge in [0.1, 0.15) is 6.29 Å². The average molecular weight is 195 g/mol. The van der Waals surface area contributed by atoms with Crippen molar-refractivity contribution in [3.63, 3.8) is 0 Å². The number of carbonyl (C=O) groups excluding carboxylic acids is 3. The third-order valence-corrected chi connectivity index (χ3v) is 2.20. The Morgan fingerprint density at radius 1 is 1.29 bits per heavy atom. The van der Waals surface area contributed by atoms with E-state index in [2.05, 4.69) is 0 Å². The normalized spacial score (nSPS) is 16.6. The Morgan fingerprint density at radius 3 is 2.21 bits per heavy atom. The van der Waals surface area contributed by atoms with Crippen molar-refractivity contribution in [1.82, 2.24) is 4.90 Å². The minimum absolute atomic E-state index is 0.295. The topological polar surface area (TPSA) is 54.5 Å². The lowest BCUT2D eigenvalue weighted by Crippen LogP contribution is -2.33. The number of rotatable bonds is 4. The van der Waals surface area contributed by atoms with E-state index >= 15 is 0 Å². The van der Waals surface area contributed by atoms with E-state index in [1.165, 1.54) is 12.2 Å². The quantitative estimate of drug-likeness (QED) is 0.485. The molecule has 1 aliphatic heterocycles. The lowest BCUT2D eigenvalue weighted by molar-refractivity contribution is -0.137. The highest BCUT2D eigenvalue weighted by Gasteiger charge is 2.26. The minimum atomic E-state index is -0.483. The Balaban J connectivity index is 2.51. The molecular weight excluding hydrogens is 182 g/mol. The molecule has 4 nitrogen and oxygen atoms in total. The van der Waals surface area contributed by atoms with Crippen LogP contribution in [0.3, 0.4) is 0 Å². The zero-order chi connectivity index (χ0) is 10.8. The van der Waals surface area contributed by atoms with Gasteiger partial charge in [0.15, 0.2) is 0 Å². The van der Waals surface area contributed by atoms with Crippen LogP contribution in [0.4, 0.5) is 0 Å². The number of hydrogen-bond acceptors (Lipinski definition) is 3. The molecule has 0 radical (unpaired) electrons. The lowest BCUT2D eigenvalue weighted by atomic mass is 9.91. The van der Waals surface area contributed by atoms with Gasteiger partial charge in [-0.05, 0) is 6.42 Å². The van der Waals surface area contributed by atoms with E-state index in [9.17, 15) is 14.4 Å². The minimum Gasteiger partial charge on any atom is -0.303 e. The zero-order valence-electron chi connectivity index (χ0n) is 8.32. The van der Waals surface area contributed by atoms with Crippen molar-refractivity contribution < 1.29 is 14.4 Å². The van der Waals surface area contributed by atoms with Gasteiger partial charge in [-0.1, -0.05) is 13.8 Å². The molecule has 2 amide bonds.